The lowest BCUT2D eigenvalue weighted by atomic mass is 9.85. The number of amides is 1. The SMILES string of the molecule is CC(CC1CCCCC1)N(Cc1cccc2ccn(CCO)c12)C(=O)OC(C)(C)C. The standard InChI is InChI=1S/C25H38N2O3/c1-19(17-20-9-6-5-7-10-20)27(24(29)30-25(2,3)4)18-22-12-8-11-21-13-14-26(15-16-28)23(21)22/h8,11-14,19-20,28H,5-7,9-10,15-18H2,1-4H3. The number of carbonyl (C=O) groups excluding carboxylic acids is 1. The third-order valence-electron chi connectivity index (χ3n) is 6.11. The molecule has 5 heteroatoms. The minimum Gasteiger partial charge on any atom is -0.444 e. The van der Waals surface area contributed by atoms with Gasteiger partial charge in [-0.3, -0.25) is 0 Å². The van der Waals surface area contributed by atoms with E-state index in [1.165, 1.54) is 32.1 Å². The smallest absolute Gasteiger partial charge is 0.410 e. The van der Waals surface area contributed by atoms with E-state index in [9.17, 15) is 9.90 Å². The first-order chi connectivity index (χ1) is 14.3. The van der Waals surface area contributed by atoms with Crippen LogP contribution < -0.4 is 0 Å². The molecule has 1 fully saturated rings. The molecule has 1 aromatic heterocycles. The number of hydrogen-bond acceptors (Lipinski definition) is 3. The van der Waals surface area contributed by atoms with Crippen molar-refractivity contribution in [2.45, 2.75) is 91.0 Å². The number of aliphatic hydroxyl groups is 1. The largest absolute Gasteiger partial charge is 0.444 e. The number of aromatic nitrogens is 1. The topological polar surface area (TPSA) is 54.7 Å². The van der Waals surface area contributed by atoms with Crippen molar-refractivity contribution in [1.29, 1.82) is 0 Å². The third kappa shape index (κ3) is 5.78. The fourth-order valence-corrected chi connectivity index (χ4v) is 4.70. The van der Waals surface area contributed by atoms with Crippen molar-refractivity contribution < 1.29 is 14.6 Å². The molecule has 1 aliphatic carbocycles. The molecular formula is C25H38N2O3. The lowest BCUT2D eigenvalue weighted by Gasteiger charge is -2.34. The van der Waals surface area contributed by atoms with Gasteiger partial charge in [0.25, 0.3) is 0 Å². The van der Waals surface area contributed by atoms with Crippen LogP contribution in [0, 0.1) is 5.92 Å². The second-order valence-corrected chi connectivity index (χ2v) is 9.78. The van der Waals surface area contributed by atoms with Crippen molar-refractivity contribution in [3.63, 3.8) is 0 Å². The minimum atomic E-state index is -0.525. The monoisotopic (exact) mass is 414 g/mol. The first kappa shape index (κ1) is 22.7. The minimum absolute atomic E-state index is 0.0893. The fraction of sp³-hybridized carbons (Fsp3) is 0.640. The number of carbonyl (C=O) groups is 1. The van der Waals surface area contributed by atoms with Gasteiger partial charge in [-0.1, -0.05) is 50.3 Å². The Kier molecular flexibility index (Phi) is 7.45. The molecule has 0 spiro atoms. The van der Waals surface area contributed by atoms with Gasteiger partial charge in [-0.2, -0.15) is 0 Å². The van der Waals surface area contributed by atoms with Crippen LogP contribution in [-0.4, -0.2) is 38.9 Å². The van der Waals surface area contributed by atoms with Gasteiger partial charge < -0.3 is 19.3 Å². The molecule has 166 valence electrons. The molecule has 1 saturated carbocycles. The zero-order chi connectivity index (χ0) is 21.7. The van der Waals surface area contributed by atoms with Crippen molar-refractivity contribution in [2.24, 2.45) is 5.92 Å². The van der Waals surface area contributed by atoms with Crippen molar-refractivity contribution in [2.75, 3.05) is 6.61 Å². The van der Waals surface area contributed by atoms with E-state index >= 15 is 0 Å². The Labute approximate surface area is 181 Å². The molecule has 1 aliphatic rings. The highest BCUT2D eigenvalue weighted by Gasteiger charge is 2.29. The Morgan fingerprint density at radius 1 is 1.23 bits per heavy atom. The second-order valence-electron chi connectivity index (χ2n) is 9.78. The van der Waals surface area contributed by atoms with Crippen molar-refractivity contribution in [3.8, 4) is 0 Å². The van der Waals surface area contributed by atoms with Gasteiger partial charge in [0, 0.05) is 18.8 Å². The van der Waals surface area contributed by atoms with Crippen LogP contribution in [0.3, 0.4) is 0 Å². The van der Waals surface area contributed by atoms with E-state index < -0.39 is 5.60 Å². The third-order valence-corrected chi connectivity index (χ3v) is 6.11. The van der Waals surface area contributed by atoms with Gasteiger partial charge in [-0.25, -0.2) is 4.79 Å². The van der Waals surface area contributed by atoms with Crippen LogP contribution in [0.2, 0.25) is 0 Å². The molecule has 5 nitrogen and oxygen atoms in total. The van der Waals surface area contributed by atoms with Crippen LogP contribution in [0.25, 0.3) is 10.9 Å². The summed E-state index contributed by atoms with van der Waals surface area (Å²) in [7, 11) is 0. The number of rotatable bonds is 7. The van der Waals surface area contributed by atoms with E-state index in [1.54, 1.807) is 0 Å². The molecule has 0 radical (unpaired) electrons. The Bertz CT molecular complexity index is 831. The summed E-state index contributed by atoms with van der Waals surface area (Å²) < 4.78 is 7.87. The van der Waals surface area contributed by atoms with Gasteiger partial charge in [-0.05, 0) is 57.0 Å². The summed E-state index contributed by atoms with van der Waals surface area (Å²) in [5, 5.41) is 10.6. The Morgan fingerprint density at radius 2 is 1.97 bits per heavy atom. The number of benzene rings is 1. The molecule has 2 aromatic rings. The lowest BCUT2D eigenvalue weighted by Crippen LogP contribution is -2.42. The summed E-state index contributed by atoms with van der Waals surface area (Å²) in [5.74, 6) is 0.688. The number of aliphatic hydroxyl groups excluding tert-OH is 1. The average molecular weight is 415 g/mol. The highest BCUT2D eigenvalue weighted by molar-refractivity contribution is 5.83. The van der Waals surface area contributed by atoms with Crippen molar-refractivity contribution in [1.82, 2.24) is 9.47 Å². The summed E-state index contributed by atoms with van der Waals surface area (Å²) in [5.41, 5.74) is 1.65. The number of nitrogens with zero attached hydrogens (tertiary/aromatic N) is 2. The average Bonchev–Trinajstić information content (AvgIpc) is 3.09. The number of ether oxygens (including phenoxy) is 1. The van der Waals surface area contributed by atoms with Crippen LogP contribution in [0.5, 0.6) is 0 Å². The van der Waals surface area contributed by atoms with E-state index in [0.717, 1.165) is 22.9 Å². The van der Waals surface area contributed by atoms with Crippen molar-refractivity contribution >= 4 is 17.0 Å². The van der Waals surface area contributed by atoms with Crippen molar-refractivity contribution in [3.05, 3.63) is 36.0 Å². The molecular weight excluding hydrogens is 376 g/mol. The molecule has 1 amide bonds. The van der Waals surface area contributed by atoms with Crippen LogP contribution >= 0.6 is 0 Å². The predicted molar refractivity (Wildman–Crippen MR) is 121 cm³/mol. The Balaban J connectivity index is 1.87. The summed E-state index contributed by atoms with van der Waals surface area (Å²) in [6.45, 7) is 9.06. The molecule has 0 saturated heterocycles. The molecule has 1 heterocycles. The van der Waals surface area contributed by atoms with Gasteiger partial charge in [0.05, 0.1) is 18.7 Å². The molecule has 30 heavy (non-hydrogen) atoms. The maximum atomic E-state index is 13.2. The first-order valence-corrected chi connectivity index (χ1v) is 11.5. The van der Waals surface area contributed by atoms with E-state index in [1.807, 2.05) is 37.9 Å². The number of fused-ring (bicyclic) bond motifs is 1. The number of para-hydroxylation sites is 1. The van der Waals surface area contributed by atoms with Gasteiger partial charge in [0.15, 0.2) is 0 Å². The zero-order valence-electron chi connectivity index (χ0n) is 19.1. The molecule has 1 aromatic carbocycles. The molecule has 3 rings (SSSR count). The van der Waals surface area contributed by atoms with Crippen LogP contribution in [-0.2, 0) is 17.8 Å². The van der Waals surface area contributed by atoms with Crippen LogP contribution in [0.4, 0.5) is 4.79 Å². The first-order valence-electron chi connectivity index (χ1n) is 11.5. The summed E-state index contributed by atoms with van der Waals surface area (Å²) >= 11 is 0. The summed E-state index contributed by atoms with van der Waals surface area (Å²) in [6.07, 6.45) is 9.26. The highest BCUT2D eigenvalue weighted by Crippen LogP contribution is 2.30. The quantitative estimate of drug-likeness (QED) is 0.629. The summed E-state index contributed by atoms with van der Waals surface area (Å²) in [4.78, 5) is 15.1. The van der Waals surface area contributed by atoms with Crippen LogP contribution in [0.1, 0.15) is 71.8 Å². The van der Waals surface area contributed by atoms with Gasteiger partial charge in [0.1, 0.15) is 5.60 Å². The van der Waals surface area contributed by atoms with Gasteiger partial charge in [0.2, 0.25) is 0 Å². The van der Waals surface area contributed by atoms with Gasteiger partial charge >= 0.3 is 6.09 Å². The molecule has 1 unspecified atom stereocenters. The molecule has 1 atom stereocenters. The van der Waals surface area contributed by atoms with Gasteiger partial charge in [-0.15, -0.1) is 0 Å². The molecule has 0 bridgehead atoms. The summed E-state index contributed by atoms with van der Waals surface area (Å²) in [6, 6.07) is 8.38. The van der Waals surface area contributed by atoms with E-state index in [0.29, 0.717) is 19.0 Å². The number of hydrogen-bond donors (Lipinski definition) is 1. The molecule has 1 N–H and O–H groups in total. The van der Waals surface area contributed by atoms with E-state index in [2.05, 4.69) is 29.7 Å². The van der Waals surface area contributed by atoms with E-state index in [-0.39, 0.29) is 18.7 Å². The zero-order valence-corrected chi connectivity index (χ0v) is 19.1. The second kappa shape index (κ2) is 9.86. The van der Waals surface area contributed by atoms with Crippen LogP contribution in [0.15, 0.2) is 30.5 Å². The molecule has 0 aliphatic heterocycles. The normalized spacial score (nSPS) is 16.6. The predicted octanol–water partition coefficient (Wildman–Crippen LogP) is 5.73. The Hall–Kier alpha value is -2.01. The maximum absolute atomic E-state index is 13.2. The van der Waals surface area contributed by atoms with E-state index in [4.69, 9.17) is 4.74 Å². The Morgan fingerprint density at radius 3 is 2.63 bits per heavy atom. The maximum Gasteiger partial charge on any atom is 0.410 e. The highest BCUT2D eigenvalue weighted by atomic mass is 16.6. The lowest BCUT2D eigenvalue weighted by molar-refractivity contribution is 0.0128. The fourth-order valence-electron chi connectivity index (χ4n) is 4.70.